The molecule has 0 aromatic rings. The Kier molecular flexibility index (Phi) is 3.37. The molecule has 0 aliphatic carbocycles. The number of carbonyl (C=O) groups excluding carboxylic acids is 1. The van der Waals surface area contributed by atoms with Crippen LogP contribution < -0.4 is 10.6 Å². The summed E-state index contributed by atoms with van der Waals surface area (Å²) in [5.41, 5.74) is -0.414. The number of hydrogen-bond acceptors (Lipinski definition) is 3. The van der Waals surface area contributed by atoms with E-state index in [0.29, 0.717) is 6.04 Å². The Hall–Kier alpha value is -0.770. The molecule has 0 spiro atoms. The van der Waals surface area contributed by atoms with Gasteiger partial charge < -0.3 is 15.4 Å². The average molecular weight is 200 g/mol. The predicted octanol–water partition coefficient (Wildman–Crippen LogP) is 1.26. The maximum Gasteiger partial charge on any atom is 0.407 e. The number of carbonyl (C=O) groups is 1. The molecule has 2 atom stereocenters. The van der Waals surface area contributed by atoms with Gasteiger partial charge in [0, 0.05) is 12.6 Å². The van der Waals surface area contributed by atoms with Crippen molar-refractivity contribution in [3.63, 3.8) is 0 Å². The molecule has 0 aromatic carbocycles. The quantitative estimate of drug-likeness (QED) is 0.705. The first-order chi connectivity index (χ1) is 6.42. The third-order valence-electron chi connectivity index (χ3n) is 2.23. The summed E-state index contributed by atoms with van der Waals surface area (Å²) < 4.78 is 5.16. The monoisotopic (exact) mass is 200 g/mol. The highest BCUT2D eigenvalue weighted by atomic mass is 16.6. The van der Waals surface area contributed by atoms with E-state index in [1.807, 2.05) is 20.8 Å². The first-order valence-corrected chi connectivity index (χ1v) is 5.15. The first-order valence-electron chi connectivity index (χ1n) is 5.15. The van der Waals surface area contributed by atoms with E-state index in [0.717, 1.165) is 13.0 Å². The first kappa shape index (κ1) is 11.3. The predicted molar refractivity (Wildman–Crippen MR) is 55.2 cm³/mol. The zero-order chi connectivity index (χ0) is 10.8. The lowest BCUT2D eigenvalue weighted by molar-refractivity contribution is 0.0462. The summed E-state index contributed by atoms with van der Waals surface area (Å²) >= 11 is 0. The summed E-state index contributed by atoms with van der Waals surface area (Å²) in [5.74, 6) is 0. The molecular formula is C10H20N2O2. The van der Waals surface area contributed by atoms with Crippen molar-refractivity contribution < 1.29 is 9.53 Å². The summed E-state index contributed by atoms with van der Waals surface area (Å²) in [4.78, 5) is 11.4. The van der Waals surface area contributed by atoms with Crippen molar-refractivity contribution in [1.29, 1.82) is 0 Å². The molecule has 0 unspecified atom stereocenters. The highest BCUT2D eigenvalue weighted by Crippen LogP contribution is 2.10. The SMILES string of the molecule is CC[C@@H]1NC[C@H]1NC(=O)OC(C)(C)C. The molecule has 4 heteroatoms. The van der Waals surface area contributed by atoms with Crippen LogP contribution in [0.5, 0.6) is 0 Å². The van der Waals surface area contributed by atoms with E-state index in [9.17, 15) is 4.79 Å². The summed E-state index contributed by atoms with van der Waals surface area (Å²) in [6.45, 7) is 8.53. The second-order valence-corrected chi connectivity index (χ2v) is 4.68. The molecule has 0 radical (unpaired) electrons. The zero-order valence-corrected chi connectivity index (χ0v) is 9.39. The zero-order valence-electron chi connectivity index (χ0n) is 9.39. The molecule has 1 aliphatic rings. The van der Waals surface area contributed by atoms with Crippen molar-refractivity contribution >= 4 is 6.09 Å². The molecule has 82 valence electrons. The van der Waals surface area contributed by atoms with Crippen LogP contribution in [0.1, 0.15) is 34.1 Å². The number of ether oxygens (including phenoxy) is 1. The summed E-state index contributed by atoms with van der Waals surface area (Å²) in [5, 5.41) is 6.09. The van der Waals surface area contributed by atoms with Gasteiger partial charge in [-0.25, -0.2) is 4.79 Å². The smallest absolute Gasteiger partial charge is 0.407 e. The average Bonchev–Trinajstić information content (AvgIpc) is 1.96. The Morgan fingerprint density at radius 2 is 2.21 bits per heavy atom. The molecule has 1 rings (SSSR count). The molecule has 0 saturated carbocycles. The second kappa shape index (κ2) is 4.17. The lowest BCUT2D eigenvalue weighted by atomic mass is 9.98. The highest BCUT2D eigenvalue weighted by molar-refractivity contribution is 5.68. The van der Waals surface area contributed by atoms with Gasteiger partial charge in [-0.3, -0.25) is 0 Å². The Balaban J connectivity index is 2.27. The normalized spacial score (nSPS) is 26.6. The number of rotatable bonds is 2. The highest BCUT2D eigenvalue weighted by Gasteiger charge is 2.31. The molecule has 1 saturated heterocycles. The molecule has 2 N–H and O–H groups in total. The van der Waals surface area contributed by atoms with Gasteiger partial charge in [0.2, 0.25) is 0 Å². The van der Waals surface area contributed by atoms with E-state index in [1.54, 1.807) is 0 Å². The van der Waals surface area contributed by atoms with Gasteiger partial charge in [-0.2, -0.15) is 0 Å². The minimum atomic E-state index is -0.414. The molecule has 1 heterocycles. The van der Waals surface area contributed by atoms with E-state index in [4.69, 9.17) is 4.74 Å². The minimum Gasteiger partial charge on any atom is -0.444 e. The van der Waals surface area contributed by atoms with Crippen LogP contribution in [0.25, 0.3) is 0 Å². The summed E-state index contributed by atoms with van der Waals surface area (Å²) in [7, 11) is 0. The number of hydrogen-bond donors (Lipinski definition) is 2. The lowest BCUT2D eigenvalue weighted by Crippen LogP contribution is -2.64. The fourth-order valence-corrected chi connectivity index (χ4v) is 1.44. The van der Waals surface area contributed by atoms with Crippen LogP contribution in [0.15, 0.2) is 0 Å². The fraction of sp³-hybridized carbons (Fsp3) is 0.900. The third kappa shape index (κ3) is 3.18. The van der Waals surface area contributed by atoms with Gasteiger partial charge in [-0.15, -0.1) is 0 Å². The van der Waals surface area contributed by atoms with Crippen molar-refractivity contribution in [2.45, 2.75) is 51.8 Å². The third-order valence-corrected chi connectivity index (χ3v) is 2.23. The Morgan fingerprint density at radius 1 is 1.57 bits per heavy atom. The Morgan fingerprint density at radius 3 is 2.57 bits per heavy atom. The van der Waals surface area contributed by atoms with Gasteiger partial charge >= 0.3 is 6.09 Å². The lowest BCUT2D eigenvalue weighted by Gasteiger charge is -2.38. The Labute approximate surface area is 85.4 Å². The summed E-state index contributed by atoms with van der Waals surface area (Å²) in [6, 6.07) is 0.636. The minimum absolute atomic E-state index is 0.231. The van der Waals surface area contributed by atoms with Crippen LogP contribution in [0, 0.1) is 0 Å². The van der Waals surface area contributed by atoms with Gasteiger partial charge in [-0.05, 0) is 27.2 Å². The van der Waals surface area contributed by atoms with Gasteiger partial charge in [0.1, 0.15) is 5.60 Å². The van der Waals surface area contributed by atoms with E-state index in [1.165, 1.54) is 0 Å². The largest absolute Gasteiger partial charge is 0.444 e. The Bertz CT molecular complexity index is 209. The van der Waals surface area contributed by atoms with Crippen LogP contribution in [0.4, 0.5) is 4.79 Å². The van der Waals surface area contributed by atoms with Crippen molar-refractivity contribution in [3.8, 4) is 0 Å². The van der Waals surface area contributed by atoms with Crippen LogP contribution >= 0.6 is 0 Å². The van der Waals surface area contributed by atoms with Gasteiger partial charge in [0.25, 0.3) is 0 Å². The molecule has 4 nitrogen and oxygen atoms in total. The van der Waals surface area contributed by atoms with Crippen molar-refractivity contribution in [2.75, 3.05) is 6.54 Å². The molecule has 1 aliphatic heterocycles. The van der Waals surface area contributed by atoms with Crippen molar-refractivity contribution in [1.82, 2.24) is 10.6 Å². The summed E-state index contributed by atoms with van der Waals surface area (Å²) in [6.07, 6.45) is 0.711. The van der Waals surface area contributed by atoms with E-state index < -0.39 is 5.60 Å². The molecule has 0 aromatic heterocycles. The molecular weight excluding hydrogens is 180 g/mol. The van der Waals surface area contributed by atoms with Crippen molar-refractivity contribution in [3.05, 3.63) is 0 Å². The van der Waals surface area contributed by atoms with Gasteiger partial charge in [0.05, 0.1) is 6.04 Å². The maximum absolute atomic E-state index is 11.4. The van der Waals surface area contributed by atoms with E-state index in [2.05, 4.69) is 17.6 Å². The topological polar surface area (TPSA) is 50.4 Å². The van der Waals surface area contributed by atoms with Gasteiger partial charge in [-0.1, -0.05) is 6.92 Å². The van der Waals surface area contributed by atoms with Crippen LogP contribution in [-0.2, 0) is 4.74 Å². The second-order valence-electron chi connectivity index (χ2n) is 4.68. The number of alkyl carbamates (subject to hydrolysis) is 1. The molecule has 1 amide bonds. The number of nitrogens with one attached hydrogen (secondary N) is 2. The van der Waals surface area contributed by atoms with E-state index in [-0.39, 0.29) is 12.1 Å². The standard InChI is InChI=1S/C10H20N2O2/c1-5-7-8(6-11-7)12-9(13)14-10(2,3)4/h7-8,11H,5-6H2,1-4H3,(H,12,13)/t7-,8+/m0/s1. The molecule has 14 heavy (non-hydrogen) atoms. The number of amides is 1. The maximum atomic E-state index is 11.4. The fourth-order valence-electron chi connectivity index (χ4n) is 1.44. The van der Waals surface area contributed by atoms with Gasteiger partial charge in [0.15, 0.2) is 0 Å². The molecule has 0 bridgehead atoms. The van der Waals surface area contributed by atoms with Crippen molar-refractivity contribution in [2.24, 2.45) is 0 Å². The van der Waals surface area contributed by atoms with E-state index >= 15 is 0 Å². The molecule has 1 fully saturated rings. The van der Waals surface area contributed by atoms with Crippen LogP contribution in [0.2, 0.25) is 0 Å². The van der Waals surface area contributed by atoms with Crippen LogP contribution in [0.3, 0.4) is 0 Å². The van der Waals surface area contributed by atoms with Crippen LogP contribution in [-0.4, -0.2) is 30.3 Å².